The Morgan fingerprint density at radius 1 is 0.958 bits per heavy atom. The molecule has 1 heterocycles. The molecule has 6 heteroatoms. The van der Waals surface area contributed by atoms with Gasteiger partial charge in [0.05, 0.1) is 6.10 Å². The van der Waals surface area contributed by atoms with Crippen LogP contribution in [-0.4, -0.2) is 53.2 Å². The van der Waals surface area contributed by atoms with Crippen LogP contribution >= 0.6 is 0 Å². The van der Waals surface area contributed by atoms with Crippen molar-refractivity contribution in [3.8, 4) is 0 Å². The van der Waals surface area contributed by atoms with Gasteiger partial charge in [0.2, 0.25) is 5.91 Å². The lowest BCUT2D eigenvalue weighted by atomic mass is 9.93. The van der Waals surface area contributed by atoms with Crippen molar-refractivity contribution < 1.29 is 14.7 Å². The number of urea groups is 1. The standard InChI is InChI=1S/C18H33N3O3/c1-3-13(4-2)17(23)21-11-9-15(10-12-21)20-18(24)19-14-5-7-16(22)8-6-14/h13-16,22H,3-12H2,1-2H3,(H2,19,20,24). The number of piperidine rings is 1. The van der Waals surface area contributed by atoms with Crippen LogP contribution in [0.3, 0.4) is 0 Å². The van der Waals surface area contributed by atoms with Crippen LogP contribution in [0.1, 0.15) is 65.2 Å². The summed E-state index contributed by atoms with van der Waals surface area (Å²) in [4.78, 5) is 26.5. The molecule has 0 aromatic carbocycles. The quantitative estimate of drug-likeness (QED) is 0.717. The number of carbonyl (C=O) groups excluding carboxylic acids is 2. The van der Waals surface area contributed by atoms with Crippen molar-refractivity contribution in [3.63, 3.8) is 0 Å². The van der Waals surface area contributed by atoms with Gasteiger partial charge in [-0.15, -0.1) is 0 Å². The highest BCUT2D eigenvalue weighted by Crippen LogP contribution is 2.19. The van der Waals surface area contributed by atoms with E-state index in [9.17, 15) is 14.7 Å². The summed E-state index contributed by atoms with van der Waals surface area (Å²) in [5.41, 5.74) is 0. The molecule has 1 saturated carbocycles. The summed E-state index contributed by atoms with van der Waals surface area (Å²) in [6.07, 6.45) is 6.45. The van der Waals surface area contributed by atoms with Gasteiger partial charge in [-0.05, 0) is 51.4 Å². The molecule has 0 spiro atoms. The first-order chi connectivity index (χ1) is 11.5. The fourth-order valence-corrected chi connectivity index (χ4v) is 3.77. The topological polar surface area (TPSA) is 81.7 Å². The largest absolute Gasteiger partial charge is 0.393 e. The Balaban J connectivity index is 1.69. The molecular formula is C18H33N3O3. The molecule has 0 atom stereocenters. The molecule has 1 saturated heterocycles. The van der Waals surface area contributed by atoms with E-state index in [0.717, 1.165) is 64.5 Å². The maximum Gasteiger partial charge on any atom is 0.315 e. The number of hydrogen-bond acceptors (Lipinski definition) is 3. The van der Waals surface area contributed by atoms with Crippen molar-refractivity contribution in [2.75, 3.05) is 13.1 Å². The smallest absolute Gasteiger partial charge is 0.315 e. The summed E-state index contributed by atoms with van der Waals surface area (Å²) < 4.78 is 0. The summed E-state index contributed by atoms with van der Waals surface area (Å²) in [5, 5.41) is 15.6. The number of likely N-dealkylation sites (tertiary alicyclic amines) is 1. The van der Waals surface area contributed by atoms with Gasteiger partial charge in [-0.3, -0.25) is 4.79 Å². The first-order valence-electron chi connectivity index (χ1n) is 9.57. The number of nitrogens with zero attached hydrogens (tertiary/aromatic N) is 1. The lowest BCUT2D eigenvalue weighted by Gasteiger charge is -2.34. The Hall–Kier alpha value is -1.30. The molecule has 3 N–H and O–H groups in total. The molecule has 1 aliphatic carbocycles. The third-order valence-electron chi connectivity index (χ3n) is 5.51. The number of aliphatic hydroxyl groups excluding tert-OH is 1. The van der Waals surface area contributed by atoms with Gasteiger partial charge in [0.15, 0.2) is 0 Å². The van der Waals surface area contributed by atoms with Crippen molar-refractivity contribution in [2.45, 2.75) is 83.4 Å². The van der Waals surface area contributed by atoms with Crippen LogP contribution in [0.15, 0.2) is 0 Å². The van der Waals surface area contributed by atoms with E-state index in [0.29, 0.717) is 0 Å². The van der Waals surface area contributed by atoms with Gasteiger partial charge in [0.1, 0.15) is 0 Å². The van der Waals surface area contributed by atoms with Crippen molar-refractivity contribution in [3.05, 3.63) is 0 Å². The van der Waals surface area contributed by atoms with Crippen LogP contribution in [0, 0.1) is 5.92 Å². The SMILES string of the molecule is CCC(CC)C(=O)N1CCC(NC(=O)NC2CCC(O)CC2)CC1. The molecule has 3 amide bonds. The fourth-order valence-electron chi connectivity index (χ4n) is 3.77. The number of rotatable bonds is 5. The zero-order valence-corrected chi connectivity index (χ0v) is 15.1. The summed E-state index contributed by atoms with van der Waals surface area (Å²) in [7, 11) is 0. The predicted molar refractivity (Wildman–Crippen MR) is 93.6 cm³/mol. The summed E-state index contributed by atoms with van der Waals surface area (Å²) in [5.74, 6) is 0.406. The predicted octanol–water partition coefficient (Wildman–Crippen LogP) is 2.02. The third kappa shape index (κ3) is 5.36. The minimum atomic E-state index is -0.206. The van der Waals surface area contributed by atoms with E-state index in [-0.39, 0.29) is 36.0 Å². The molecule has 0 unspecified atom stereocenters. The zero-order valence-electron chi connectivity index (χ0n) is 15.1. The highest BCUT2D eigenvalue weighted by Gasteiger charge is 2.28. The fraction of sp³-hybridized carbons (Fsp3) is 0.889. The lowest BCUT2D eigenvalue weighted by Crippen LogP contribution is -2.52. The second-order valence-corrected chi connectivity index (χ2v) is 7.24. The van der Waals surface area contributed by atoms with Crippen molar-refractivity contribution in [1.82, 2.24) is 15.5 Å². The number of aliphatic hydroxyl groups is 1. The van der Waals surface area contributed by atoms with E-state index in [2.05, 4.69) is 24.5 Å². The van der Waals surface area contributed by atoms with E-state index in [1.165, 1.54) is 0 Å². The lowest BCUT2D eigenvalue weighted by molar-refractivity contribution is -0.136. The molecule has 24 heavy (non-hydrogen) atoms. The highest BCUT2D eigenvalue weighted by molar-refractivity contribution is 5.79. The molecule has 2 fully saturated rings. The first-order valence-corrected chi connectivity index (χ1v) is 9.57. The molecule has 1 aliphatic heterocycles. The van der Waals surface area contributed by atoms with Gasteiger partial charge in [-0.1, -0.05) is 13.8 Å². The maximum atomic E-state index is 12.4. The van der Waals surface area contributed by atoms with Crippen LogP contribution in [0.4, 0.5) is 4.79 Å². The Labute approximate surface area is 145 Å². The second kappa shape index (κ2) is 9.25. The number of nitrogens with one attached hydrogen (secondary N) is 2. The maximum absolute atomic E-state index is 12.4. The molecule has 2 rings (SSSR count). The summed E-state index contributed by atoms with van der Waals surface area (Å²) in [6, 6.07) is 0.205. The van der Waals surface area contributed by atoms with Crippen LogP contribution in [-0.2, 0) is 4.79 Å². The number of hydrogen-bond donors (Lipinski definition) is 3. The third-order valence-corrected chi connectivity index (χ3v) is 5.51. The van der Waals surface area contributed by atoms with Gasteiger partial charge in [-0.2, -0.15) is 0 Å². The Morgan fingerprint density at radius 3 is 1.96 bits per heavy atom. The molecule has 0 radical (unpaired) electrons. The molecule has 0 aromatic heterocycles. The molecule has 0 aromatic rings. The second-order valence-electron chi connectivity index (χ2n) is 7.24. The van der Waals surface area contributed by atoms with Gasteiger partial charge < -0.3 is 20.6 Å². The first kappa shape index (κ1) is 19.0. The molecule has 6 nitrogen and oxygen atoms in total. The van der Waals surface area contributed by atoms with Crippen molar-refractivity contribution >= 4 is 11.9 Å². The zero-order chi connectivity index (χ0) is 17.5. The number of carbonyl (C=O) groups is 2. The minimum absolute atomic E-state index is 0.110. The molecule has 2 aliphatic rings. The van der Waals surface area contributed by atoms with Gasteiger partial charge in [-0.25, -0.2) is 4.79 Å². The Morgan fingerprint density at radius 2 is 1.46 bits per heavy atom. The van der Waals surface area contributed by atoms with Crippen LogP contribution in [0.5, 0.6) is 0 Å². The summed E-state index contributed by atoms with van der Waals surface area (Å²) >= 11 is 0. The van der Waals surface area contributed by atoms with Gasteiger partial charge in [0, 0.05) is 31.1 Å². The van der Waals surface area contributed by atoms with Crippen LogP contribution in [0.25, 0.3) is 0 Å². The minimum Gasteiger partial charge on any atom is -0.393 e. The van der Waals surface area contributed by atoms with Crippen LogP contribution in [0.2, 0.25) is 0 Å². The van der Waals surface area contributed by atoms with Crippen molar-refractivity contribution in [2.24, 2.45) is 5.92 Å². The normalized spacial score (nSPS) is 25.6. The molecular weight excluding hydrogens is 306 g/mol. The van der Waals surface area contributed by atoms with E-state index in [4.69, 9.17) is 0 Å². The summed E-state index contributed by atoms with van der Waals surface area (Å²) in [6.45, 7) is 5.59. The Kier molecular flexibility index (Phi) is 7.34. The monoisotopic (exact) mass is 339 g/mol. The van der Waals surface area contributed by atoms with E-state index in [1.54, 1.807) is 0 Å². The highest BCUT2D eigenvalue weighted by atomic mass is 16.3. The van der Waals surface area contributed by atoms with E-state index < -0.39 is 0 Å². The van der Waals surface area contributed by atoms with E-state index >= 15 is 0 Å². The van der Waals surface area contributed by atoms with Gasteiger partial charge in [0.25, 0.3) is 0 Å². The molecule has 0 bridgehead atoms. The van der Waals surface area contributed by atoms with Crippen molar-refractivity contribution in [1.29, 1.82) is 0 Å². The number of amides is 3. The average molecular weight is 339 g/mol. The van der Waals surface area contributed by atoms with E-state index in [1.807, 2.05) is 4.90 Å². The molecule has 138 valence electrons. The average Bonchev–Trinajstić information content (AvgIpc) is 2.58. The van der Waals surface area contributed by atoms with Crippen LogP contribution < -0.4 is 10.6 Å². The van der Waals surface area contributed by atoms with Gasteiger partial charge >= 0.3 is 6.03 Å². The Bertz CT molecular complexity index is 410.